The summed E-state index contributed by atoms with van der Waals surface area (Å²) in [7, 11) is 1.25. The standard InChI is InChI=1S/C21H19NO5S/c1-3-27-19(23)12-18-22(13-20(24)26-2)21(25)17(28-18)11-15-9-6-8-14-7-4-5-10-16(14)15/h4-12H,3,13H2,1-2H3/b17-11-,18-12-. The molecule has 0 radical (unpaired) electrons. The van der Waals surface area contributed by atoms with Crippen LogP contribution in [0.2, 0.25) is 0 Å². The van der Waals surface area contributed by atoms with E-state index in [2.05, 4.69) is 4.74 Å². The zero-order valence-corrected chi connectivity index (χ0v) is 16.3. The summed E-state index contributed by atoms with van der Waals surface area (Å²) in [4.78, 5) is 36.5. The fraction of sp³-hybridized carbons (Fsp3) is 0.190. The van der Waals surface area contributed by atoms with E-state index in [0.29, 0.717) is 9.20 Å². The van der Waals surface area contributed by atoms with Crippen LogP contribution < -0.4 is 14.8 Å². The Balaban J connectivity index is 2.21. The van der Waals surface area contributed by atoms with Gasteiger partial charge in [-0.15, -0.1) is 11.3 Å². The third kappa shape index (κ3) is 4.20. The van der Waals surface area contributed by atoms with Crippen molar-refractivity contribution in [3.05, 3.63) is 67.6 Å². The van der Waals surface area contributed by atoms with Gasteiger partial charge in [0.1, 0.15) is 11.2 Å². The Labute approximate surface area is 164 Å². The Hall–Kier alpha value is -3.19. The van der Waals surface area contributed by atoms with Gasteiger partial charge in [-0.05, 0) is 29.3 Å². The van der Waals surface area contributed by atoms with E-state index in [1.807, 2.05) is 42.5 Å². The number of carbonyl (C=O) groups is 2. The van der Waals surface area contributed by atoms with Crippen molar-refractivity contribution in [1.29, 1.82) is 0 Å². The summed E-state index contributed by atoms with van der Waals surface area (Å²) in [5, 5.41) is 2.06. The van der Waals surface area contributed by atoms with Crippen molar-refractivity contribution in [2.24, 2.45) is 0 Å². The van der Waals surface area contributed by atoms with Gasteiger partial charge in [0.05, 0.1) is 24.3 Å². The molecule has 3 aromatic rings. The minimum atomic E-state index is -0.574. The van der Waals surface area contributed by atoms with Gasteiger partial charge in [0.2, 0.25) is 0 Å². The lowest BCUT2D eigenvalue weighted by atomic mass is 10.0. The van der Waals surface area contributed by atoms with Gasteiger partial charge >= 0.3 is 11.9 Å². The van der Waals surface area contributed by atoms with Crippen LogP contribution in [0.15, 0.2) is 47.3 Å². The third-order valence-electron chi connectivity index (χ3n) is 4.09. The molecule has 0 fully saturated rings. The Morgan fingerprint density at radius 2 is 1.89 bits per heavy atom. The molecule has 0 unspecified atom stereocenters. The van der Waals surface area contributed by atoms with Crippen LogP contribution in [-0.4, -0.2) is 30.2 Å². The van der Waals surface area contributed by atoms with Crippen LogP contribution in [0.25, 0.3) is 22.9 Å². The van der Waals surface area contributed by atoms with Crippen LogP contribution >= 0.6 is 11.3 Å². The molecule has 0 aliphatic heterocycles. The van der Waals surface area contributed by atoms with E-state index in [1.165, 1.54) is 17.8 Å². The van der Waals surface area contributed by atoms with E-state index >= 15 is 0 Å². The molecule has 0 aliphatic rings. The molecule has 6 nitrogen and oxygen atoms in total. The van der Waals surface area contributed by atoms with E-state index in [9.17, 15) is 14.4 Å². The quantitative estimate of drug-likeness (QED) is 0.609. The number of fused-ring (bicyclic) bond motifs is 1. The Kier molecular flexibility index (Phi) is 6.06. The number of methoxy groups -OCH3 is 1. The highest BCUT2D eigenvalue weighted by Crippen LogP contribution is 2.18. The van der Waals surface area contributed by atoms with Crippen molar-refractivity contribution in [2.45, 2.75) is 13.5 Å². The fourth-order valence-corrected chi connectivity index (χ4v) is 3.81. The lowest BCUT2D eigenvalue weighted by Crippen LogP contribution is -2.34. The molecule has 0 saturated carbocycles. The second kappa shape index (κ2) is 8.67. The van der Waals surface area contributed by atoms with Crippen LogP contribution in [0.5, 0.6) is 0 Å². The molecule has 1 heterocycles. The lowest BCUT2D eigenvalue weighted by molar-refractivity contribution is -0.141. The molecule has 0 spiro atoms. The number of hydrogen-bond acceptors (Lipinski definition) is 6. The number of carbonyl (C=O) groups excluding carboxylic acids is 2. The number of esters is 2. The zero-order chi connectivity index (χ0) is 20.1. The number of hydrogen-bond donors (Lipinski definition) is 0. The van der Waals surface area contributed by atoms with Crippen molar-refractivity contribution in [2.75, 3.05) is 13.7 Å². The van der Waals surface area contributed by atoms with Crippen LogP contribution in [0, 0.1) is 0 Å². The molecule has 7 heteroatoms. The Morgan fingerprint density at radius 3 is 2.64 bits per heavy atom. The van der Waals surface area contributed by atoms with Gasteiger partial charge < -0.3 is 9.47 Å². The number of ether oxygens (including phenoxy) is 2. The average Bonchev–Trinajstić information content (AvgIpc) is 2.97. The topological polar surface area (TPSA) is 74.6 Å². The van der Waals surface area contributed by atoms with Crippen molar-refractivity contribution in [3.8, 4) is 0 Å². The van der Waals surface area contributed by atoms with Crippen molar-refractivity contribution in [1.82, 2.24) is 4.57 Å². The van der Waals surface area contributed by atoms with Crippen LogP contribution in [0.4, 0.5) is 0 Å². The SMILES string of the molecule is CCOC(=O)/C=c1\s/c(=C\c2cccc3ccccc23)c(=O)n1CC(=O)OC. The number of aromatic nitrogens is 1. The summed E-state index contributed by atoms with van der Waals surface area (Å²) in [5.41, 5.74) is 0.517. The van der Waals surface area contributed by atoms with Crippen molar-refractivity contribution in [3.63, 3.8) is 0 Å². The van der Waals surface area contributed by atoms with E-state index < -0.39 is 11.9 Å². The van der Waals surface area contributed by atoms with Gasteiger partial charge in [-0.25, -0.2) is 4.79 Å². The maximum Gasteiger partial charge on any atom is 0.333 e. The van der Waals surface area contributed by atoms with Crippen LogP contribution in [-0.2, 0) is 25.6 Å². The third-order valence-corrected chi connectivity index (χ3v) is 5.15. The summed E-state index contributed by atoms with van der Waals surface area (Å²) < 4.78 is 11.6. The van der Waals surface area contributed by atoms with Gasteiger partial charge in [-0.3, -0.25) is 14.2 Å². The minimum absolute atomic E-state index is 0.219. The maximum atomic E-state index is 12.9. The van der Waals surface area contributed by atoms with Gasteiger partial charge in [0.25, 0.3) is 5.56 Å². The summed E-state index contributed by atoms with van der Waals surface area (Å²) in [5.74, 6) is -1.14. The first-order valence-corrected chi connectivity index (χ1v) is 9.49. The van der Waals surface area contributed by atoms with Gasteiger partial charge in [-0.1, -0.05) is 42.5 Å². The van der Waals surface area contributed by atoms with E-state index in [1.54, 1.807) is 13.0 Å². The molecule has 0 saturated heterocycles. The first-order valence-electron chi connectivity index (χ1n) is 8.68. The van der Waals surface area contributed by atoms with Crippen LogP contribution in [0.1, 0.15) is 12.5 Å². The van der Waals surface area contributed by atoms with Gasteiger partial charge in [0.15, 0.2) is 0 Å². The fourth-order valence-electron chi connectivity index (χ4n) is 2.79. The molecule has 0 atom stereocenters. The normalized spacial score (nSPS) is 12.4. The zero-order valence-electron chi connectivity index (χ0n) is 15.5. The van der Waals surface area contributed by atoms with Crippen molar-refractivity contribution < 1.29 is 19.1 Å². The highest BCUT2D eigenvalue weighted by atomic mass is 32.1. The molecule has 0 N–H and O–H groups in total. The second-order valence-corrected chi connectivity index (χ2v) is 6.94. The van der Waals surface area contributed by atoms with Crippen LogP contribution in [0.3, 0.4) is 0 Å². The maximum absolute atomic E-state index is 12.9. The van der Waals surface area contributed by atoms with E-state index in [-0.39, 0.29) is 18.7 Å². The van der Waals surface area contributed by atoms with Crippen molar-refractivity contribution >= 4 is 46.2 Å². The van der Waals surface area contributed by atoms with E-state index in [0.717, 1.165) is 27.7 Å². The molecule has 0 amide bonds. The summed E-state index contributed by atoms with van der Waals surface area (Å²) in [6, 6.07) is 13.7. The van der Waals surface area contributed by atoms with Gasteiger partial charge in [-0.2, -0.15) is 0 Å². The predicted octanol–water partition coefficient (Wildman–Crippen LogP) is 1.41. The first kappa shape index (κ1) is 19.6. The summed E-state index contributed by atoms with van der Waals surface area (Å²) in [6.07, 6.45) is 2.99. The molecule has 144 valence electrons. The molecule has 3 rings (SSSR count). The van der Waals surface area contributed by atoms with E-state index in [4.69, 9.17) is 4.74 Å². The van der Waals surface area contributed by atoms with Gasteiger partial charge in [0, 0.05) is 0 Å². The Morgan fingerprint density at radius 1 is 1.14 bits per heavy atom. The molecular formula is C21H19NO5S. The minimum Gasteiger partial charge on any atom is -0.468 e. The first-order chi connectivity index (χ1) is 13.5. The molecule has 2 aromatic carbocycles. The molecule has 1 aromatic heterocycles. The highest BCUT2D eigenvalue weighted by Gasteiger charge is 2.11. The monoisotopic (exact) mass is 397 g/mol. The highest BCUT2D eigenvalue weighted by molar-refractivity contribution is 7.07. The average molecular weight is 397 g/mol. The number of thiazole rings is 1. The summed E-state index contributed by atoms with van der Waals surface area (Å²) in [6.45, 7) is 1.64. The second-order valence-electron chi connectivity index (χ2n) is 5.88. The summed E-state index contributed by atoms with van der Waals surface area (Å²) >= 11 is 1.13. The number of rotatable bonds is 5. The number of nitrogens with zero attached hydrogens (tertiary/aromatic N) is 1. The lowest BCUT2D eigenvalue weighted by Gasteiger charge is -2.01. The molecule has 0 bridgehead atoms. The predicted molar refractivity (Wildman–Crippen MR) is 108 cm³/mol. The molecule has 0 aliphatic carbocycles. The Bertz CT molecular complexity index is 1200. The molecular weight excluding hydrogens is 378 g/mol. The smallest absolute Gasteiger partial charge is 0.333 e. The molecule has 28 heavy (non-hydrogen) atoms. The largest absolute Gasteiger partial charge is 0.468 e. The number of benzene rings is 2.